The van der Waals surface area contributed by atoms with Crippen LogP contribution in [0.3, 0.4) is 0 Å². The Bertz CT molecular complexity index is 501. The minimum absolute atomic E-state index is 0.234. The van der Waals surface area contributed by atoms with Crippen LogP contribution in [0.25, 0.3) is 0 Å². The molecule has 1 aliphatic heterocycles. The largest absolute Gasteiger partial charge is 0.313 e. The number of hydrogen-bond acceptors (Lipinski definition) is 3. The number of hydrogen-bond donors (Lipinski definition) is 1. The first-order valence-corrected chi connectivity index (χ1v) is 8.76. The summed E-state index contributed by atoms with van der Waals surface area (Å²) in [5, 5.41) is 3.33. The van der Waals surface area contributed by atoms with E-state index in [2.05, 4.69) is 33.4 Å². The molecule has 1 aromatic rings. The fourth-order valence-corrected chi connectivity index (χ4v) is 4.56. The zero-order valence-corrected chi connectivity index (χ0v) is 12.8. The van der Waals surface area contributed by atoms with Gasteiger partial charge < -0.3 is 5.32 Å². The van der Waals surface area contributed by atoms with Crippen LogP contribution in [0.1, 0.15) is 24.4 Å². The van der Waals surface area contributed by atoms with E-state index in [4.69, 9.17) is 0 Å². The van der Waals surface area contributed by atoms with Gasteiger partial charge in [-0.1, -0.05) is 28.1 Å². The molecule has 100 valence electrons. The maximum Gasteiger partial charge on any atom is 0.150 e. The predicted octanol–water partition coefficient (Wildman–Crippen LogP) is 2.53. The molecule has 3 nitrogen and oxygen atoms in total. The molecular formula is C13H18BrNO2S. The molecule has 0 spiro atoms. The molecule has 1 atom stereocenters. The van der Waals surface area contributed by atoms with Gasteiger partial charge >= 0.3 is 0 Å². The maximum absolute atomic E-state index is 11.5. The highest BCUT2D eigenvalue weighted by atomic mass is 79.9. The quantitative estimate of drug-likeness (QED) is 0.925. The Morgan fingerprint density at radius 2 is 2.00 bits per heavy atom. The van der Waals surface area contributed by atoms with Gasteiger partial charge in [0.05, 0.1) is 11.5 Å². The summed E-state index contributed by atoms with van der Waals surface area (Å²) in [5.74, 6) is 1.04. The van der Waals surface area contributed by atoms with Crippen molar-refractivity contribution in [2.24, 2.45) is 5.92 Å². The third-order valence-corrected chi connectivity index (χ3v) is 5.80. The van der Waals surface area contributed by atoms with E-state index in [0.29, 0.717) is 17.4 Å². The van der Waals surface area contributed by atoms with Gasteiger partial charge in [-0.25, -0.2) is 8.42 Å². The standard InChI is InChI=1S/C13H18BrNO2S/c1-15-13(11-3-2-4-12(14)9-11)10-5-7-18(16,17)8-6-10/h2-4,9-10,13,15H,5-8H2,1H3. The summed E-state index contributed by atoms with van der Waals surface area (Å²) >= 11 is 3.48. The predicted molar refractivity (Wildman–Crippen MR) is 77.3 cm³/mol. The second-order valence-electron chi connectivity index (χ2n) is 4.81. The number of benzene rings is 1. The van der Waals surface area contributed by atoms with Gasteiger partial charge in [-0.05, 0) is 43.5 Å². The number of nitrogens with one attached hydrogen (secondary N) is 1. The first kappa shape index (κ1) is 14.0. The van der Waals surface area contributed by atoms with E-state index >= 15 is 0 Å². The van der Waals surface area contributed by atoms with E-state index in [-0.39, 0.29) is 6.04 Å². The first-order valence-electron chi connectivity index (χ1n) is 6.15. The second kappa shape index (κ2) is 5.72. The fraction of sp³-hybridized carbons (Fsp3) is 0.538. The number of rotatable bonds is 3. The molecule has 1 N–H and O–H groups in total. The molecular weight excluding hydrogens is 314 g/mol. The highest BCUT2D eigenvalue weighted by Gasteiger charge is 2.29. The zero-order chi connectivity index (χ0) is 13.2. The molecule has 1 aliphatic rings. The van der Waals surface area contributed by atoms with Crippen molar-refractivity contribution in [3.8, 4) is 0 Å². The van der Waals surface area contributed by atoms with E-state index in [1.165, 1.54) is 5.56 Å². The highest BCUT2D eigenvalue weighted by molar-refractivity contribution is 9.10. The van der Waals surface area contributed by atoms with Crippen molar-refractivity contribution < 1.29 is 8.42 Å². The minimum Gasteiger partial charge on any atom is -0.313 e. The fourth-order valence-electron chi connectivity index (χ4n) is 2.62. The lowest BCUT2D eigenvalue weighted by atomic mass is 9.88. The molecule has 0 saturated carbocycles. The molecule has 1 saturated heterocycles. The Kier molecular flexibility index (Phi) is 4.45. The summed E-state index contributed by atoms with van der Waals surface area (Å²) in [5.41, 5.74) is 1.22. The van der Waals surface area contributed by atoms with Crippen molar-refractivity contribution >= 4 is 25.8 Å². The summed E-state index contributed by atoms with van der Waals surface area (Å²) in [6, 6.07) is 8.45. The lowest BCUT2D eigenvalue weighted by molar-refractivity contribution is 0.350. The molecule has 1 unspecified atom stereocenters. The van der Waals surface area contributed by atoms with Crippen molar-refractivity contribution in [2.45, 2.75) is 18.9 Å². The molecule has 1 fully saturated rings. The van der Waals surface area contributed by atoms with Crippen molar-refractivity contribution in [1.29, 1.82) is 0 Å². The monoisotopic (exact) mass is 331 g/mol. The van der Waals surface area contributed by atoms with Crippen LogP contribution in [-0.4, -0.2) is 27.0 Å². The van der Waals surface area contributed by atoms with Crippen LogP contribution in [0.5, 0.6) is 0 Å². The van der Waals surface area contributed by atoms with Gasteiger partial charge in [-0.15, -0.1) is 0 Å². The highest BCUT2D eigenvalue weighted by Crippen LogP contribution is 2.32. The smallest absolute Gasteiger partial charge is 0.150 e. The molecule has 5 heteroatoms. The summed E-state index contributed by atoms with van der Waals surface area (Å²) < 4.78 is 24.0. The van der Waals surface area contributed by atoms with E-state index in [9.17, 15) is 8.42 Å². The molecule has 0 bridgehead atoms. The third-order valence-electron chi connectivity index (χ3n) is 3.59. The molecule has 0 radical (unpaired) electrons. The summed E-state index contributed by atoms with van der Waals surface area (Å²) in [7, 11) is -0.846. The SMILES string of the molecule is CNC(c1cccc(Br)c1)C1CCS(=O)(=O)CC1. The normalized spacial score (nSPS) is 21.7. The number of sulfone groups is 1. The van der Waals surface area contributed by atoms with Crippen molar-refractivity contribution in [1.82, 2.24) is 5.32 Å². The molecule has 18 heavy (non-hydrogen) atoms. The molecule has 2 rings (SSSR count). The third kappa shape index (κ3) is 3.33. The van der Waals surface area contributed by atoms with Gasteiger partial charge in [-0.2, -0.15) is 0 Å². The van der Waals surface area contributed by atoms with Gasteiger partial charge in [0.15, 0.2) is 0 Å². The van der Waals surface area contributed by atoms with Gasteiger partial charge in [0.1, 0.15) is 9.84 Å². The Morgan fingerprint density at radius 1 is 1.33 bits per heavy atom. The number of halogens is 1. The van der Waals surface area contributed by atoms with Gasteiger partial charge in [0, 0.05) is 10.5 Å². The molecule has 0 aromatic heterocycles. The lowest BCUT2D eigenvalue weighted by Gasteiger charge is -2.30. The molecule has 0 aliphatic carbocycles. The van der Waals surface area contributed by atoms with Crippen LogP contribution in [0.2, 0.25) is 0 Å². The Labute approximate surface area is 117 Å². The van der Waals surface area contributed by atoms with E-state index in [0.717, 1.165) is 17.3 Å². The summed E-state index contributed by atoms with van der Waals surface area (Å²) in [4.78, 5) is 0. The average molecular weight is 332 g/mol. The van der Waals surface area contributed by atoms with Crippen LogP contribution in [0.15, 0.2) is 28.7 Å². The Morgan fingerprint density at radius 3 is 2.56 bits per heavy atom. The molecule has 1 heterocycles. The van der Waals surface area contributed by atoms with Crippen LogP contribution in [0.4, 0.5) is 0 Å². The van der Waals surface area contributed by atoms with Crippen molar-refractivity contribution in [3.63, 3.8) is 0 Å². The van der Waals surface area contributed by atoms with Crippen LogP contribution < -0.4 is 5.32 Å². The maximum atomic E-state index is 11.5. The summed E-state index contributed by atoms with van der Waals surface area (Å²) in [6.45, 7) is 0. The Hall–Kier alpha value is -0.390. The van der Waals surface area contributed by atoms with E-state index in [1.54, 1.807) is 0 Å². The van der Waals surface area contributed by atoms with Gasteiger partial charge in [-0.3, -0.25) is 0 Å². The van der Waals surface area contributed by atoms with Crippen molar-refractivity contribution in [2.75, 3.05) is 18.6 Å². The van der Waals surface area contributed by atoms with Crippen molar-refractivity contribution in [3.05, 3.63) is 34.3 Å². The second-order valence-corrected chi connectivity index (χ2v) is 8.03. The van der Waals surface area contributed by atoms with Crippen LogP contribution in [0, 0.1) is 5.92 Å². The van der Waals surface area contributed by atoms with E-state index < -0.39 is 9.84 Å². The first-order chi connectivity index (χ1) is 8.52. The summed E-state index contributed by atoms with van der Waals surface area (Å²) in [6.07, 6.45) is 1.50. The average Bonchev–Trinajstić information content (AvgIpc) is 2.32. The molecule has 0 amide bonds. The zero-order valence-electron chi connectivity index (χ0n) is 10.4. The van der Waals surface area contributed by atoms with Gasteiger partial charge in [0.25, 0.3) is 0 Å². The van der Waals surface area contributed by atoms with Crippen LogP contribution >= 0.6 is 15.9 Å². The lowest BCUT2D eigenvalue weighted by Crippen LogP contribution is -2.32. The van der Waals surface area contributed by atoms with Gasteiger partial charge in [0.2, 0.25) is 0 Å². The molecule has 1 aromatic carbocycles. The topological polar surface area (TPSA) is 46.2 Å². The van der Waals surface area contributed by atoms with Crippen LogP contribution in [-0.2, 0) is 9.84 Å². The van der Waals surface area contributed by atoms with E-state index in [1.807, 2.05) is 19.2 Å². The minimum atomic E-state index is -2.78. The Balaban J connectivity index is 2.15.